The molecule has 1 N–H and O–H groups in total. The molecule has 2 rings (SSSR count). The van der Waals surface area contributed by atoms with Crippen LogP contribution in [0.5, 0.6) is 0 Å². The number of carboxylic acids is 1. The average Bonchev–Trinajstić information content (AvgIpc) is 2.51. The van der Waals surface area contributed by atoms with Crippen molar-refractivity contribution in [3.05, 3.63) is 35.6 Å². The highest BCUT2D eigenvalue weighted by Gasteiger charge is 2.27. The second-order valence-corrected chi connectivity index (χ2v) is 5.45. The van der Waals surface area contributed by atoms with Crippen LogP contribution in [-0.2, 0) is 20.7 Å². The van der Waals surface area contributed by atoms with E-state index in [9.17, 15) is 14.0 Å². The lowest BCUT2D eigenvalue weighted by atomic mass is 9.98. The molecule has 0 aromatic heterocycles. The molecule has 0 bridgehead atoms. The molecule has 22 heavy (non-hydrogen) atoms. The Morgan fingerprint density at radius 3 is 2.95 bits per heavy atom. The maximum atomic E-state index is 13.0. The van der Waals surface area contributed by atoms with Gasteiger partial charge in [-0.05, 0) is 37.0 Å². The number of likely N-dealkylation sites (tertiary alicyclic amines) is 1. The summed E-state index contributed by atoms with van der Waals surface area (Å²) in [6.07, 6.45) is 1.84. The summed E-state index contributed by atoms with van der Waals surface area (Å²) in [5.41, 5.74) is 0.816. The van der Waals surface area contributed by atoms with Crippen LogP contribution in [0.3, 0.4) is 0 Å². The van der Waals surface area contributed by atoms with E-state index in [4.69, 9.17) is 9.84 Å². The standard InChI is InChI=1S/C16H20FNO4/c17-14-5-1-3-12(9-14)6-8-22-11-15(19)18-7-2-4-13(10-18)16(20)21/h1,3,5,9,13H,2,4,6-8,10-11H2,(H,20,21). The summed E-state index contributed by atoms with van der Waals surface area (Å²) in [5, 5.41) is 9.00. The van der Waals surface area contributed by atoms with Crippen molar-refractivity contribution in [2.45, 2.75) is 19.3 Å². The Labute approximate surface area is 128 Å². The first kappa shape index (κ1) is 16.4. The molecule has 1 atom stereocenters. The number of piperidine rings is 1. The van der Waals surface area contributed by atoms with Gasteiger partial charge in [0.05, 0.1) is 12.5 Å². The van der Waals surface area contributed by atoms with Crippen LogP contribution in [0.15, 0.2) is 24.3 Å². The van der Waals surface area contributed by atoms with Crippen LogP contribution in [-0.4, -0.2) is 48.2 Å². The predicted molar refractivity (Wildman–Crippen MR) is 77.9 cm³/mol. The summed E-state index contributed by atoms with van der Waals surface area (Å²) in [6, 6.07) is 6.25. The van der Waals surface area contributed by atoms with Crippen molar-refractivity contribution in [2.75, 3.05) is 26.3 Å². The summed E-state index contributed by atoms with van der Waals surface area (Å²) < 4.78 is 18.3. The number of hydrogen-bond donors (Lipinski definition) is 1. The summed E-state index contributed by atoms with van der Waals surface area (Å²) in [7, 11) is 0. The van der Waals surface area contributed by atoms with Crippen molar-refractivity contribution in [1.29, 1.82) is 0 Å². The molecule has 0 saturated carbocycles. The van der Waals surface area contributed by atoms with E-state index in [0.29, 0.717) is 32.4 Å². The fraction of sp³-hybridized carbons (Fsp3) is 0.500. The molecule has 1 heterocycles. The zero-order valence-corrected chi connectivity index (χ0v) is 12.3. The SMILES string of the molecule is O=C(O)C1CCCN(C(=O)COCCc2cccc(F)c2)C1. The average molecular weight is 309 g/mol. The van der Waals surface area contributed by atoms with E-state index in [1.807, 2.05) is 0 Å². The van der Waals surface area contributed by atoms with Crippen LogP contribution in [0.1, 0.15) is 18.4 Å². The fourth-order valence-corrected chi connectivity index (χ4v) is 2.54. The lowest BCUT2D eigenvalue weighted by molar-refractivity contribution is -0.147. The fourth-order valence-electron chi connectivity index (χ4n) is 2.54. The van der Waals surface area contributed by atoms with Crippen LogP contribution >= 0.6 is 0 Å². The first-order valence-electron chi connectivity index (χ1n) is 7.39. The minimum absolute atomic E-state index is 0.0678. The lowest BCUT2D eigenvalue weighted by Gasteiger charge is -2.30. The van der Waals surface area contributed by atoms with Crippen molar-refractivity contribution in [3.63, 3.8) is 0 Å². The molecule has 0 aliphatic carbocycles. The first-order chi connectivity index (χ1) is 10.6. The van der Waals surface area contributed by atoms with Crippen LogP contribution in [0.4, 0.5) is 4.39 Å². The Morgan fingerprint density at radius 1 is 1.41 bits per heavy atom. The van der Waals surface area contributed by atoms with Crippen molar-refractivity contribution in [2.24, 2.45) is 5.92 Å². The van der Waals surface area contributed by atoms with Gasteiger partial charge >= 0.3 is 5.97 Å². The van der Waals surface area contributed by atoms with Crippen LogP contribution in [0.2, 0.25) is 0 Å². The van der Waals surface area contributed by atoms with Gasteiger partial charge in [-0.15, -0.1) is 0 Å². The maximum Gasteiger partial charge on any atom is 0.308 e. The van der Waals surface area contributed by atoms with Gasteiger partial charge in [-0.25, -0.2) is 4.39 Å². The Hall–Kier alpha value is -1.95. The van der Waals surface area contributed by atoms with Crippen molar-refractivity contribution in [1.82, 2.24) is 4.90 Å². The predicted octanol–water partition coefficient (Wildman–Crippen LogP) is 1.71. The Morgan fingerprint density at radius 2 is 2.23 bits per heavy atom. The third-order valence-electron chi connectivity index (χ3n) is 3.77. The van der Waals surface area contributed by atoms with Gasteiger partial charge in [-0.2, -0.15) is 0 Å². The number of hydrogen-bond acceptors (Lipinski definition) is 3. The third kappa shape index (κ3) is 4.80. The minimum Gasteiger partial charge on any atom is -0.481 e. The summed E-state index contributed by atoms with van der Waals surface area (Å²) in [4.78, 5) is 24.5. The molecule has 0 spiro atoms. The Balaban J connectivity index is 1.70. The molecule has 5 nitrogen and oxygen atoms in total. The molecule has 1 aromatic rings. The topological polar surface area (TPSA) is 66.8 Å². The number of rotatable bonds is 6. The molecule has 1 aliphatic heterocycles. The van der Waals surface area contributed by atoms with Gasteiger partial charge in [0, 0.05) is 13.1 Å². The molecular formula is C16H20FNO4. The van der Waals surface area contributed by atoms with Crippen LogP contribution in [0.25, 0.3) is 0 Å². The molecule has 1 aliphatic rings. The number of carbonyl (C=O) groups is 2. The molecule has 1 unspecified atom stereocenters. The van der Waals surface area contributed by atoms with Crippen molar-refractivity contribution >= 4 is 11.9 Å². The van der Waals surface area contributed by atoms with E-state index in [2.05, 4.69) is 0 Å². The smallest absolute Gasteiger partial charge is 0.308 e. The van der Waals surface area contributed by atoms with Gasteiger partial charge in [0.1, 0.15) is 12.4 Å². The minimum atomic E-state index is -0.857. The zero-order valence-electron chi connectivity index (χ0n) is 12.3. The quantitative estimate of drug-likeness (QED) is 0.812. The lowest BCUT2D eigenvalue weighted by Crippen LogP contribution is -2.43. The third-order valence-corrected chi connectivity index (χ3v) is 3.77. The number of ether oxygens (including phenoxy) is 1. The number of nitrogens with zero attached hydrogens (tertiary/aromatic N) is 1. The Kier molecular flexibility index (Phi) is 5.89. The number of carbonyl (C=O) groups excluding carboxylic acids is 1. The van der Waals surface area contributed by atoms with E-state index in [0.717, 1.165) is 5.56 Å². The molecule has 6 heteroatoms. The summed E-state index contributed by atoms with van der Waals surface area (Å²) in [5.74, 6) is -1.82. The van der Waals surface area contributed by atoms with Gasteiger partial charge in [-0.3, -0.25) is 9.59 Å². The molecule has 1 aromatic carbocycles. The number of amides is 1. The zero-order chi connectivity index (χ0) is 15.9. The highest BCUT2D eigenvalue weighted by Crippen LogP contribution is 2.16. The largest absolute Gasteiger partial charge is 0.481 e. The van der Waals surface area contributed by atoms with Gasteiger partial charge in [-0.1, -0.05) is 12.1 Å². The number of halogens is 1. The van der Waals surface area contributed by atoms with E-state index < -0.39 is 11.9 Å². The first-order valence-corrected chi connectivity index (χ1v) is 7.39. The molecule has 0 radical (unpaired) electrons. The molecule has 120 valence electrons. The molecular weight excluding hydrogens is 289 g/mol. The summed E-state index contributed by atoms with van der Waals surface area (Å²) >= 11 is 0. The monoisotopic (exact) mass is 309 g/mol. The van der Waals surface area contributed by atoms with E-state index >= 15 is 0 Å². The van der Waals surface area contributed by atoms with E-state index in [1.54, 1.807) is 17.0 Å². The van der Waals surface area contributed by atoms with Crippen LogP contribution in [0, 0.1) is 11.7 Å². The normalized spacial score (nSPS) is 18.2. The van der Waals surface area contributed by atoms with Gasteiger partial charge in [0.15, 0.2) is 0 Å². The summed E-state index contributed by atoms with van der Waals surface area (Å²) in [6.45, 7) is 1.09. The highest BCUT2D eigenvalue weighted by atomic mass is 19.1. The molecule has 1 saturated heterocycles. The molecule has 1 amide bonds. The van der Waals surface area contributed by atoms with Crippen molar-refractivity contribution < 1.29 is 23.8 Å². The highest BCUT2D eigenvalue weighted by molar-refractivity contribution is 5.79. The Bertz CT molecular complexity index is 535. The number of aliphatic carboxylic acids is 1. The number of benzene rings is 1. The second-order valence-electron chi connectivity index (χ2n) is 5.45. The van der Waals surface area contributed by atoms with Crippen LogP contribution < -0.4 is 0 Å². The van der Waals surface area contributed by atoms with Gasteiger partial charge < -0.3 is 14.7 Å². The van der Waals surface area contributed by atoms with E-state index in [-0.39, 0.29) is 24.9 Å². The van der Waals surface area contributed by atoms with Gasteiger partial charge in [0.25, 0.3) is 0 Å². The second kappa shape index (κ2) is 7.89. The van der Waals surface area contributed by atoms with Gasteiger partial charge in [0.2, 0.25) is 5.91 Å². The molecule has 1 fully saturated rings. The maximum absolute atomic E-state index is 13.0. The number of carboxylic acid groups (broad SMARTS) is 1. The van der Waals surface area contributed by atoms with Crippen molar-refractivity contribution in [3.8, 4) is 0 Å². The van der Waals surface area contributed by atoms with E-state index in [1.165, 1.54) is 12.1 Å².